The fourth-order valence-electron chi connectivity index (χ4n) is 3.89. The van der Waals surface area contributed by atoms with Gasteiger partial charge in [0.25, 0.3) is 0 Å². The Kier molecular flexibility index (Phi) is 4.69. The quantitative estimate of drug-likeness (QED) is 0.832. The van der Waals surface area contributed by atoms with Crippen molar-refractivity contribution in [2.75, 3.05) is 39.9 Å². The van der Waals surface area contributed by atoms with E-state index in [0.29, 0.717) is 5.54 Å². The minimum Gasteiger partial charge on any atom is -0.381 e. The molecule has 118 valence electrons. The van der Waals surface area contributed by atoms with E-state index in [9.17, 15) is 0 Å². The van der Waals surface area contributed by atoms with Gasteiger partial charge in [-0.1, -0.05) is 0 Å². The van der Waals surface area contributed by atoms with E-state index in [1.165, 1.54) is 42.2 Å². The fraction of sp³-hybridized carbons (Fsp3) is 0.765. The predicted molar refractivity (Wildman–Crippen MR) is 88.9 cm³/mol. The number of nitrogens with zero attached hydrogens (tertiary/aromatic N) is 2. The zero-order valence-corrected chi connectivity index (χ0v) is 14.4. The summed E-state index contributed by atoms with van der Waals surface area (Å²) in [5.41, 5.74) is 0.423. The van der Waals surface area contributed by atoms with E-state index in [1.54, 1.807) is 0 Å². The molecule has 1 spiro atoms. The Morgan fingerprint density at radius 2 is 2.19 bits per heavy atom. The topological polar surface area (TPSA) is 15.7 Å². The van der Waals surface area contributed by atoms with Crippen LogP contribution in [0.4, 0.5) is 0 Å². The molecule has 1 atom stereocenters. The zero-order chi connectivity index (χ0) is 14.9. The van der Waals surface area contributed by atoms with E-state index in [4.69, 9.17) is 4.74 Å². The second-order valence-corrected chi connectivity index (χ2v) is 8.19. The van der Waals surface area contributed by atoms with Crippen molar-refractivity contribution >= 4 is 11.3 Å². The van der Waals surface area contributed by atoms with Crippen LogP contribution in [0.5, 0.6) is 0 Å². The molecule has 0 unspecified atom stereocenters. The zero-order valence-electron chi connectivity index (χ0n) is 13.6. The van der Waals surface area contributed by atoms with Crippen molar-refractivity contribution in [3.8, 4) is 0 Å². The molecule has 2 fully saturated rings. The number of hydrogen-bond acceptors (Lipinski definition) is 4. The molecule has 0 radical (unpaired) electrons. The minimum absolute atomic E-state index is 0.423. The second kappa shape index (κ2) is 6.37. The van der Waals surface area contributed by atoms with Crippen LogP contribution in [-0.4, -0.2) is 55.2 Å². The molecule has 3 nitrogen and oxygen atoms in total. The predicted octanol–water partition coefficient (Wildman–Crippen LogP) is 2.99. The van der Waals surface area contributed by atoms with Crippen LogP contribution < -0.4 is 0 Å². The molecule has 0 amide bonds. The van der Waals surface area contributed by atoms with Gasteiger partial charge in [-0.05, 0) is 58.3 Å². The Morgan fingerprint density at radius 3 is 2.86 bits per heavy atom. The largest absolute Gasteiger partial charge is 0.381 e. The highest BCUT2D eigenvalue weighted by molar-refractivity contribution is 7.11. The standard InChI is InChI=1S/C17H28N2OS/c1-4-20-11-15-7-8-18(3)17(9-15)12-19(13-17)10-16-6-5-14(2)21-16/h5-6,15H,4,7-13H2,1-3H3/t15-/m1/s1. The first kappa shape index (κ1) is 15.5. The van der Waals surface area contributed by atoms with Gasteiger partial charge in [0.1, 0.15) is 0 Å². The van der Waals surface area contributed by atoms with E-state index in [-0.39, 0.29) is 0 Å². The lowest BCUT2D eigenvalue weighted by Crippen LogP contribution is -2.71. The number of rotatable bonds is 5. The van der Waals surface area contributed by atoms with Gasteiger partial charge in [0.2, 0.25) is 0 Å². The minimum atomic E-state index is 0.423. The van der Waals surface area contributed by atoms with Gasteiger partial charge in [-0.15, -0.1) is 11.3 Å². The average Bonchev–Trinajstić information content (AvgIpc) is 2.83. The molecule has 2 aliphatic heterocycles. The number of piperidine rings is 1. The lowest BCUT2D eigenvalue weighted by atomic mass is 9.75. The molecular formula is C17H28N2OS. The molecule has 0 bridgehead atoms. The molecule has 0 aliphatic carbocycles. The Bertz CT molecular complexity index is 465. The summed E-state index contributed by atoms with van der Waals surface area (Å²) in [7, 11) is 2.31. The molecule has 1 aromatic rings. The fourth-order valence-corrected chi connectivity index (χ4v) is 4.83. The van der Waals surface area contributed by atoms with Gasteiger partial charge < -0.3 is 4.74 Å². The molecule has 2 aliphatic rings. The van der Waals surface area contributed by atoms with E-state index >= 15 is 0 Å². The summed E-state index contributed by atoms with van der Waals surface area (Å²) in [5, 5.41) is 0. The summed E-state index contributed by atoms with van der Waals surface area (Å²) in [4.78, 5) is 8.13. The van der Waals surface area contributed by atoms with Crippen molar-refractivity contribution in [2.24, 2.45) is 5.92 Å². The van der Waals surface area contributed by atoms with Crippen LogP contribution in [0, 0.1) is 12.8 Å². The first-order chi connectivity index (χ1) is 10.1. The van der Waals surface area contributed by atoms with E-state index in [2.05, 4.69) is 42.8 Å². The Hall–Kier alpha value is -0.420. The van der Waals surface area contributed by atoms with Crippen LogP contribution in [-0.2, 0) is 11.3 Å². The molecule has 21 heavy (non-hydrogen) atoms. The molecule has 3 heterocycles. The van der Waals surface area contributed by atoms with Crippen LogP contribution in [0.3, 0.4) is 0 Å². The highest BCUT2D eigenvalue weighted by Gasteiger charge is 2.49. The van der Waals surface area contributed by atoms with E-state index < -0.39 is 0 Å². The monoisotopic (exact) mass is 308 g/mol. The summed E-state index contributed by atoms with van der Waals surface area (Å²) >= 11 is 1.94. The number of hydrogen-bond donors (Lipinski definition) is 0. The Balaban J connectivity index is 1.53. The number of aryl methyl sites for hydroxylation is 1. The maximum Gasteiger partial charge on any atom is 0.0495 e. The van der Waals surface area contributed by atoms with Crippen molar-refractivity contribution in [2.45, 2.75) is 38.8 Å². The van der Waals surface area contributed by atoms with Crippen molar-refractivity contribution in [3.63, 3.8) is 0 Å². The van der Waals surface area contributed by atoms with Crippen LogP contribution in [0.25, 0.3) is 0 Å². The summed E-state index contributed by atoms with van der Waals surface area (Å²) in [6.45, 7) is 10.9. The highest BCUT2D eigenvalue weighted by atomic mass is 32.1. The highest BCUT2D eigenvalue weighted by Crippen LogP contribution is 2.39. The lowest BCUT2D eigenvalue weighted by Gasteiger charge is -2.58. The summed E-state index contributed by atoms with van der Waals surface area (Å²) in [6, 6.07) is 4.52. The number of ether oxygens (including phenoxy) is 1. The van der Waals surface area contributed by atoms with Crippen LogP contribution in [0.1, 0.15) is 29.5 Å². The van der Waals surface area contributed by atoms with Gasteiger partial charge in [0.05, 0.1) is 0 Å². The number of likely N-dealkylation sites (N-methyl/N-ethyl adjacent to an activating group) is 1. The van der Waals surface area contributed by atoms with Crippen molar-refractivity contribution in [1.82, 2.24) is 9.80 Å². The lowest BCUT2D eigenvalue weighted by molar-refractivity contribution is -0.0919. The molecule has 4 heteroatoms. The molecular weight excluding hydrogens is 280 g/mol. The second-order valence-electron chi connectivity index (χ2n) is 6.82. The molecule has 2 saturated heterocycles. The van der Waals surface area contributed by atoms with Gasteiger partial charge >= 0.3 is 0 Å². The van der Waals surface area contributed by atoms with Gasteiger partial charge in [-0.3, -0.25) is 9.80 Å². The maximum absolute atomic E-state index is 5.66. The van der Waals surface area contributed by atoms with Crippen molar-refractivity contribution in [3.05, 3.63) is 21.9 Å². The van der Waals surface area contributed by atoms with Crippen LogP contribution in [0.15, 0.2) is 12.1 Å². The smallest absolute Gasteiger partial charge is 0.0495 e. The molecule has 3 rings (SSSR count). The third-order valence-electron chi connectivity index (χ3n) is 5.12. The SMILES string of the molecule is CCOC[C@@H]1CCN(C)C2(C1)CN(Cc1ccc(C)s1)C2. The average molecular weight is 308 g/mol. The third-order valence-corrected chi connectivity index (χ3v) is 6.11. The Morgan fingerprint density at radius 1 is 1.38 bits per heavy atom. The summed E-state index contributed by atoms with van der Waals surface area (Å²) in [5.74, 6) is 0.757. The molecule has 0 saturated carbocycles. The molecule has 0 N–H and O–H groups in total. The number of thiophene rings is 1. The summed E-state index contributed by atoms with van der Waals surface area (Å²) in [6.07, 6.45) is 2.60. The maximum atomic E-state index is 5.66. The summed E-state index contributed by atoms with van der Waals surface area (Å²) < 4.78 is 5.66. The van der Waals surface area contributed by atoms with Gasteiger partial charge in [0, 0.05) is 48.1 Å². The number of likely N-dealkylation sites (tertiary alicyclic amines) is 2. The van der Waals surface area contributed by atoms with Gasteiger partial charge in [0.15, 0.2) is 0 Å². The molecule has 0 aromatic carbocycles. The third kappa shape index (κ3) is 3.34. The van der Waals surface area contributed by atoms with E-state index in [1.807, 2.05) is 11.3 Å². The van der Waals surface area contributed by atoms with Gasteiger partial charge in [-0.25, -0.2) is 0 Å². The van der Waals surface area contributed by atoms with E-state index in [0.717, 1.165) is 25.7 Å². The van der Waals surface area contributed by atoms with Crippen LogP contribution in [0.2, 0.25) is 0 Å². The Labute approximate surface area is 132 Å². The van der Waals surface area contributed by atoms with Gasteiger partial charge in [-0.2, -0.15) is 0 Å². The van der Waals surface area contributed by atoms with Crippen LogP contribution >= 0.6 is 11.3 Å². The van der Waals surface area contributed by atoms with Crippen molar-refractivity contribution < 1.29 is 4.74 Å². The first-order valence-corrected chi connectivity index (χ1v) is 8.99. The van der Waals surface area contributed by atoms with Crippen molar-refractivity contribution in [1.29, 1.82) is 0 Å². The normalized spacial score (nSPS) is 26.1. The first-order valence-electron chi connectivity index (χ1n) is 8.18. The molecule has 1 aromatic heterocycles.